The minimum absolute atomic E-state index is 0.0823. The minimum Gasteiger partial charge on any atom is -0.382 e. The van der Waals surface area contributed by atoms with E-state index in [1.54, 1.807) is 6.07 Å². The Morgan fingerprint density at radius 2 is 1.75 bits per heavy atom. The molecule has 8 heteroatoms. The summed E-state index contributed by atoms with van der Waals surface area (Å²) >= 11 is 0. The number of anilines is 2. The van der Waals surface area contributed by atoms with Crippen molar-refractivity contribution >= 4 is 11.5 Å². The van der Waals surface area contributed by atoms with Crippen molar-refractivity contribution in [3.8, 4) is 17.8 Å². The molecular formula is C20H16F2N6. The molecule has 0 bridgehead atoms. The van der Waals surface area contributed by atoms with Crippen LogP contribution in [0.2, 0.25) is 0 Å². The predicted octanol–water partition coefficient (Wildman–Crippen LogP) is 3.52. The first-order chi connectivity index (χ1) is 13.5. The highest BCUT2D eigenvalue weighted by Gasteiger charge is 2.16. The van der Waals surface area contributed by atoms with Crippen molar-refractivity contribution in [3.63, 3.8) is 0 Å². The van der Waals surface area contributed by atoms with Crippen LogP contribution in [0.15, 0.2) is 42.5 Å². The van der Waals surface area contributed by atoms with Gasteiger partial charge in [-0.25, -0.2) is 13.5 Å². The van der Waals surface area contributed by atoms with Crippen molar-refractivity contribution in [2.75, 3.05) is 17.6 Å². The topological polar surface area (TPSA) is 103 Å². The van der Waals surface area contributed by atoms with Gasteiger partial charge in [-0.05, 0) is 37.1 Å². The van der Waals surface area contributed by atoms with E-state index < -0.39 is 11.6 Å². The monoisotopic (exact) mass is 378 g/mol. The molecule has 28 heavy (non-hydrogen) atoms. The third-order valence-corrected chi connectivity index (χ3v) is 4.17. The van der Waals surface area contributed by atoms with E-state index in [1.165, 1.54) is 4.68 Å². The number of rotatable bonds is 6. The molecule has 0 aliphatic heterocycles. The molecule has 1 heterocycles. The van der Waals surface area contributed by atoms with E-state index >= 15 is 0 Å². The minimum atomic E-state index is -0.827. The number of aryl methyl sites for hydroxylation is 1. The summed E-state index contributed by atoms with van der Waals surface area (Å²) in [5.74, 6) is -1.40. The number of hydrogen-bond donors (Lipinski definition) is 2. The van der Waals surface area contributed by atoms with Gasteiger partial charge >= 0.3 is 0 Å². The van der Waals surface area contributed by atoms with Crippen LogP contribution in [0.1, 0.15) is 23.2 Å². The summed E-state index contributed by atoms with van der Waals surface area (Å²) in [6.07, 6.45) is 0.873. The molecule has 0 radical (unpaired) electrons. The second-order valence-corrected chi connectivity index (χ2v) is 6.02. The highest BCUT2D eigenvalue weighted by Crippen LogP contribution is 2.23. The smallest absolute Gasteiger partial charge is 0.150 e. The second kappa shape index (κ2) is 8.19. The van der Waals surface area contributed by atoms with Crippen LogP contribution in [0.4, 0.5) is 20.3 Å². The van der Waals surface area contributed by atoms with Crippen LogP contribution in [0.25, 0.3) is 5.69 Å². The molecule has 0 fully saturated rings. The summed E-state index contributed by atoms with van der Waals surface area (Å²) in [6.45, 7) is 0.253. The van der Waals surface area contributed by atoms with Crippen LogP contribution in [0.5, 0.6) is 0 Å². The van der Waals surface area contributed by atoms with Gasteiger partial charge in [0.15, 0.2) is 11.6 Å². The Hall–Kier alpha value is -3.91. The fourth-order valence-electron chi connectivity index (χ4n) is 2.82. The fourth-order valence-corrected chi connectivity index (χ4v) is 2.82. The zero-order valence-electron chi connectivity index (χ0n) is 14.8. The molecule has 0 aliphatic rings. The summed E-state index contributed by atoms with van der Waals surface area (Å²) < 4.78 is 29.3. The highest BCUT2D eigenvalue weighted by molar-refractivity contribution is 5.56. The molecule has 0 atom stereocenters. The van der Waals surface area contributed by atoms with Crippen molar-refractivity contribution in [2.24, 2.45) is 0 Å². The van der Waals surface area contributed by atoms with E-state index in [0.29, 0.717) is 24.1 Å². The Kier molecular flexibility index (Phi) is 5.52. The number of nitrogens with two attached hydrogens (primary N) is 1. The van der Waals surface area contributed by atoms with Crippen molar-refractivity contribution in [1.29, 1.82) is 10.5 Å². The first kappa shape index (κ1) is 18.9. The number of nitrogens with one attached hydrogen (secondary N) is 1. The standard InChI is InChI=1S/C20H16F2N6/c21-16-9-13(11-23)10-17(22)19(16)26-8-4-7-18-15(12-24)20(25)28(27-18)14-5-2-1-3-6-14/h1-3,5-6,9-10,26H,4,7-8,25H2. The van der Waals surface area contributed by atoms with E-state index in [0.717, 1.165) is 17.8 Å². The van der Waals surface area contributed by atoms with Gasteiger partial charge < -0.3 is 11.1 Å². The van der Waals surface area contributed by atoms with E-state index in [1.807, 2.05) is 30.3 Å². The lowest BCUT2D eigenvalue weighted by molar-refractivity contribution is 0.586. The molecule has 3 rings (SSSR count). The number of nitriles is 2. The molecular weight excluding hydrogens is 362 g/mol. The molecule has 0 saturated heterocycles. The fraction of sp³-hybridized carbons (Fsp3) is 0.150. The molecule has 140 valence electrons. The lowest BCUT2D eigenvalue weighted by Crippen LogP contribution is -2.08. The maximum atomic E-state index is 13.9. The second-order valence-electron chi connectivity index (χ2n) is 6.02. The van der Waals surface area contributed by atoms with Crippen molar-refractivity contribution in [2.45, 2.75) is 12.8 Å². The Morgan fingerprint density at radius 3 is 2.36 bits per heavy atom. The van der Waals surface area contributed by atoms with E-state index in [9.17, 15) is 14.0 Å². The van der Waals surface area contributed by atoms with Gasteiger partial charge in [-0.1, -0.05) is 18.2 Å². The zero-order valence-corrected chi connectivity index (χ0v) is 14.8. The first-order valence-corrected chi connectivity index (χ1v) is 8.51. The summed E-state index contributed by atoms with van der Waals surface area (Å²) in [5, 5.41) is 25.2. The van der Waals surface area contributed by atoms with Crippen LogP contribution >= 0.6 is 0 Å². The summed E-state index contributed by atoms with van der Waals surface area (Å²) in [7, 11) is 0. The van der Waals surface area contributed by atoms with Gasteiger partial charge in [0.1, 0.15) is 23.1 Å². The number of aromatic nitrogens is 2. The molecule has 0 saturated carbocycles. The number of benzene rings is 2. The number of nitrogens with zero attached hydrogens (tertiary/aromatic N) is 4. The average molecular weight is 378 g/mol. The largest absolute Gasteiger partial charge is 0.382 e. The summed E-state index contributed by atoms with van der Waals surface area (Å²) in [5.41, 5.74) is 7.23. The van der Waals surface area contributed by atoms with Gasteiger partial charge in [0, 0.05) is 6.54 Å². The lowest BCUT2D eigenvalue weighted by Gasteiger charge is -2.08. The van der Waals surface area contributed by atoms with Crippen LogP contribution in [-0.2, 0) is 6.42 Å². The van der Waals surface area contributed by atoms with Crippen LogP contribution < -0.4 is 11.1 Å². The Balaban J connectivity index is 1.69. The molecule has 0 unspecified atom stereocenters. The van der Waals surface area contributed by atoms with Gasteiger partial charge in [0.25, 0.3) is 0 Å². The Bertz CT molecular complexity index is 1050. The van der Waals surface area contributed by atoms with Gasteiger partial charge in [0.05, 0.1) is 23.0 Å². The number of nitrogen functional groups attached to an aromatic ring is 1. The van der Waals surface area contributed by atoms with Crippen LogP contribution in [-0.4, -0.2) is 16.3 Å². The van der Waals surface area contributed by atoms with Crippen molar-refractivity contribution in [1.82, 2.24) is 9.78 Å². The van der Waals surface area contributed by atoms with Gasteiger partial charge in [-0.3, -0.25) is 0 Å². The molecule has 0 aliphatic carbocycles. The van der Waals surface area contributed by atoms with E-state index in [4.69, 9.17) is 11.0 Å². The Morgan fingerprint density at radius 1 is 1.07 bits per heavy atom. The number of para-hydroxylation sites is 1. The summed E-state index contributed by atoms with van der Waals surface area (Å²) in [4.78, 5) is 0. The third-order valence-electron chi connectivity index (χ3n) is 4.17. The molecule has 2 aromatic carbocycles. The number of halogens is 2. The first-order valence-electron chi connectivity index (χ1n) is 8.51. The van der Waals surface area contributed by atoms with Crippen LogP contribution in [0.3, 0.4) is 0 Å². The van der Waals surface area contributed by atoms with Crippen molar-refractivity contribution < 1.29 is 8.78 Å². The molecule has 3 aromatic rings. The molecule has 0 spiro atoms. The normalized spacial score (nSPS) is 10.3. The molecule has 3 N–H and O–H groups in total. The quantitative estimate of drug-likeness (QED) is 0.639. The zero-order chi connectivity index (χ0) is 20.1. The van der Waals surface area contributed by atoms with Gasteiger partial charge in [-0.2, -0.15) is 15.6 Å². The molecule has 0 amide bonds. The SMILES string of the molecule is N#Cc1cc(F)c(NCCCc2nn(-c3ccccc3)c(N)c2C#N)c(F)c1. The molecule has 6 nitrogen and oxygen atoms in total. The lowest BCUT2D eigenvalue weighted by atomic mass is 10.1. The maximum absolute atomic E-state index is 13.9. The van der Waals surface area contributed by atoms with E-state index in [-0.39, 0.29) is 23.6 Å². The number of hydrogen-bond acceptors (Lipinski definition) is 5. The average Bonchev–Trinajstić information content (AvgIpc) is 3.02. The van der Waals surface area contributed by atoms with Crippen LogP contribution in [0, 0.1) is 34.3 Å². The van der Waals surface area contributed by atoms with E-state index in [2.05, 4.69) is 16.5 Å². The Labute approximate surface area is 160 Å². The van der Waals surface area contributed by atoms with Crippen molar-refractivity contribution in [3.05, 3.63) is 70.9 Å². The predicted molar refractivity (Wildman–Crippen MR) is 101 cm³/mol. The highest BCUT2D eigenvalue weighted by atomic mass is 19.1. The van der Waals surface area contributed by atoms with Gasteiger partial charge in [-0.15, -0.1) is 0 Å². The molecule has 1 aromatic heterocycles. The summed E-state index contributed by atoms with van der Waals surface area (Å²) in [6, 6.07) is 14.9. The maximum Gasteiger partial charge on any atom is 0.150 e. The van der Waals surface area contributed by atoms with Gasteiger partial charge in [0.2, 0.25) is 0 Å². The third kappa shape index (κ3) is 3.76.